The van der Waals surface area contributed by atoms with Crippen molar-refractivity contribution in [2.75, 3.05) is 14.2 Å². The highest BCUT2D eigenvalue weighted by atomic mass is 32.2. The summed E-state index contributed by atoms with van der Waals surface area (Å²) >= 11 is 1.41. The minimum Gasteiger partial charge on any atom is -0.497 e. The average Bonchev–Trinajstić information content (AvgIpc) is 3.06. The number of hydrogen-bond acceptors (Lipinski definition) is 7. The molecule has 34 heavy (non-hydrogen) atoms. The van der Waals surface area contributed by atoms with Gasteiger partial charge in [0.2, 0.25) is 5.91 Å². The fraction of sp³-hybridized carbons (Fsp3) is 0.400. The number of fused-ring (bicyclic) bond motifs is 1. The summed E-state index contributed by atoms with van der Waals surface area (Å²) in [6.07, 6.45) is 0.171. The zero-order chi connectivity index (χ0) is 24.5. The van der Waals surface area contributed by atoms with E-state index in [2.05, 4.69) is 5.32 Å². The zero-order valence-electron chi connectivity index (χ0n) is 19.6. The quantitative estimate of drug-likeness (QED) is 0.455. The monoisotopic (exact) mass is 484 g/mol. The maximum absolute atomic E-state index is 13.3. The lowest BCUT2D eigenvalue weighted by Gasteiger charge is -2.49. The third-order valence-electron chi connectivity index (χ3n) is 6.24. The van der Waals surface area contributed by atoms with Gasteiger partial charge >= 0.3 is 5.97 Å². The first-order valence-electron chi connectivity index (χ1n) is 10.9. The number of carbonyl (C=O) groups is 3. The van der Waals surface area contributed by atoms with Gasteiger partial charge in [0.1, 0.15) is 23.8 Å². The van der Waals surface area contributed by atoms with Crippen LogP contribution in [0.1, 0.15) is 25.0 Å². The van der Waals surface area contributed by atoms with Crippen LogP contribution in [0.15, 0.2) is 54.6 Å². The molecule has 9 heteroatoms. The topological polar surface area (TPSA) is 94.2 Å². The largest absolute Gasteiger partial charge is 0.497 e. The zero-order valence-corrected chi connectivity index (χ0v) is 20.4. The molecule has 0 saturated carbocycles. The van der Waals surface area contributed by atoms with Gasteiger partial charge in [-0.15, -0.1) is 11.8 Å². The first-order chi connectivity index (χ1) is 16.2. The molecule has 3 atom stereocenters. The Bertz CT molecular complexity index is 1070. The number of amides is 2. The molecule has 0 radical (unpaired) electrons. The van der Waals surface area contributed by atoms with Crippen molar-refractivity contribution >= 4 is 29.5 Å². The smallest absolute Gasteiger partial charge is 0.361 e. The maximum Gasteiger partial charge on any atom is 0.361 e. The van der Waals surface area contributed by atoms with E-state index in [1.807, 2.05) is 44.2 Å². The molecule has 8 nitrogen and oxygen atoms in total. The second kappa shape index (κ2) is 9.31. The number of ether oxygens (including phenoxy) is 3. The number of hydrogen-bond donors (Lipinski definition) is 1. The molecule has 1 N–H and O–H groups in total. The minimum atomic E-state index is -1.60. The lowest BCUT2D eigenvalue weighted by molar-refractivity contribution is -0.216. The van der Waals surface area contributed by atoms with Crippen LogP contribution in [-0.4, -0.2) is 58.8 Å². The summed E-state index contributed by atoms with van der Waals surface area (Å²) in [7, 11) is 2.98. The van der Waals surface area contributed by atoms with E-state index >= 15 is 0 Å². The van der Waals surface area contributed by atoms with Crippen LogP contribution in [-0.2, 0) is 36.9 Å². The second-order valence-electron chi connectivity index (χ2n) is 8.71. The molecular formula is C25H28N2O6S. The molecule has 2 saturated heterocycles. The van der Waals surface area contributed by atoms with Gasteiger partial charge in [0.25, 0.3) is 11.6 Å². The number of benzene rings is 2. The number of carbonyl (C=O) groups excluding carboxylic acids is 3. The van der Waals surface area contributed by atoms with Gasteiger partial charge in [0.05, 0.1) is 18.3 Å². The first-order valence-corrected chi connectivity index (χ1v) is 11.8. The van der Waals surface area contributed by atoms with E-state index in [0.29, 0.717) is 5.75 Å². The molecule has 180 valence electrons. The lowest BCUT2D eigenvalue weighted by atomic mass is 9.91. The Hall–Kier alpha value is -3.04. The van der Waals surface area contributed by atoms with Crippen LogP contribution in [0.4, 0.5) is 0 Å². The van der Waals surface area contributed by atoms with Gasteiger partial charge in [-0.25, -0.2) is 4.79 Å². The number of β-lactam (4-membered cyclic amide) rings is 1. The Morgan fingerprint density at radius 1 is 1.03 bits per heavy atom. The first kappa shape index (κ1) is 24.1. The third kappa shape index (κ3) is 4.03. The molecule has 2 aromatic rings. The lowest BCUT2D eigenvalue weighted by Crippen LogP contribution is -2.76. The second-order valence-corrected chi connectivity index (χ2v) is 10.4. The Balaban J connectivity index is 1.46. The molecule has 0 aliphatic carbocycles. The van der Waals surface area contributed by atoms with Crippen molar-refractivity contribution < 1.29 is 28.6 Å². The van der Waals surface area contributed by atoms with E-state index in [1.54, 1.807) is 31.4 Å². The van der Waals surface area contributed by atoms with E-state index in [-0.39, 0.29) is 24.8 Å². The van der Waals surface area contributed by atoms with Gasteiger partial charge in [-0.2, -0.15) is 0 Å². The maximum atomic E-state index is 13.3. The molecule has 0 aromatic heterocycles. The Morgan fingerprint density at radius 3 is 2.32 bits per heavy atom. The molecular weight excluding hydrogens is 456 g/mol. The van der Waals surface area contributed by atoms with Crippen molar-refractivity contribution in [3.05, 3.63) is 65.7 Å². The normalized spacial score (nSPS) is 24.7. The number of methoxy groups -OCH3 is 2. The molecule has 0 unspecified atom stereocenters. The van der Waals surface area contributed by atoms with Gasteiger partial charge in [0, 0.05) is 7.11 Å². The van der Waals surface area contributed by atoms with Gasteiger partial charge in [-0.05, 0) is 37.1 Å². The van der Waals surface area contributed by atoms with Gasteiger partial charge in [-0.1, -0.05) is 42.5 Å². The van der Waals surface area contributed by atoms with Gasteiger partial charge in [0.15, 0.2) is 0 Å². The molecule has 2 aromatic carbocycles. The minimum absolute atomic E-state index is 0.0264. The summed E-state index contributed by atoms with van der Waals surface area (Å²) < 4.78 is 15.7. The summed E-state index contributed by atoms with van der Waals surface area (Å²) in [4.78, 5) is 40.5. The summed E-state index contributed by atoms with van der Waals surface area (Å²) in [5.41, 5.74) is 0.0322. The van der Waals surface area contributed by atoms with Gasteiger partial charge in [-0.3, -0.25) is 14.5 Å². The standard InChI is InChI=1S/C25H28N2O6S/c1-24(2)25(32-4,23(30)33-15-17-10-12-18(31-3)13-11-17)27-21(29)20(22(27)34-24)26-19(28)14-16-8-6-5-7-9-16/h5-13,20,22H,14-15H2,1-4H3,(H,26,28)/t20-,22+,25+/m0/s1. The Kier molecular flexibility index (Phi) is 6.60. The van der Waals surface area contributed by atoms with E-state index in [0.717, 1.165) is 11.1 Å². The molecule has 2 aliphatic rings. The van der Waals surface area contributed by atoms with Crippen LogP contribution >= 0.6 is 11.8 Å². The predicted octanol–water partition coefficient (Wildman–Crippen LogP) is 2.50. The summed E-state index contributed by atoms with van der Waals surface area (Å²) in [5.74, 6) is -0.563. The molecule has 0 spiro atoms. The molecule has 2 aliphatic heterocycles. The Labute approximate surface area is 202 Å². The van der Waals surface area contributed by atoms with Crippen LogP contribution in [0.5, 0.6) is 5.75 Å². The van der Waals surface area contributed by atoms with Crippen molar-refractivity contribution in [1.82, 2.24) is 10.2 Å². The van der Waals surface area contributed by atoms with E-state index in [1.165, 1.54) is 23.8 Å². The fourth-order valence-corrected chi connectivity index (χ4v) is 6.18. The highest BCUT2D eigenvalue weighted by Gasteiger charge is 2.74. The average molecular weight is 485 g/mol. The Morgan fingerprint density at radius 2 is 1.71 bits per heavy atom. The summed E-state index contributed by atoms with van der Waals surface area (Å²) in [6.45, 7) is 3.70. The van der Waals surface area contributed by atoms with Crippen molar-refractivity contribution in [2.24, 2.45) is 0 Å². The molecule has 0 bridgehead atoms. The molecule has 2 heterocycles. The van der Waals surface area contributed by atoms with Crippen LogP contribution < -0.4 is 10.1 Å². The third-order valence-corrected chi connectivity index (χ3v) is 7.83. The van der Waals surface area contributed by atoms with Crippen LogP contribution in [0, 0.1) is 0 Å². The fourth-order valence-electron chi connectivity index (χ4n) is 4.47. The van der Waals surface area contributed by atoms with Crippen molar-refractivity contribution in [3.8, 4) is 5.75 Å². The molecule has 2 fully saturated rings. The number of esters is 1. The number of nitrogens with zero attached hydrogens (tertiary/aromatic N) is 1. The van der Waals surface area contributed by atoms with Crippen molar-refractivity contribution in [2.45, 2.75) is 48.8 Å². The molecule has 4 rings (SSSR count). The van der Waals surface area contributed by atoms with Crippen molar-refractivity contribution in [1.29, 1.82) is 0 Å². The molecule has 2 amide bonds. The van der Waals surface area contributed by atoms with Crippen LogP contribution in [0.25, 0.3) is 0 Å². The van der Waals surface area contributed by atoms with Crippen molar-refractivity contribution in [3.63, 3.8) is 0 Å². The summed E-state index contributed by atoms with van der Waals surface area (Å²) in [5, 5.41) is 2.39. The van der Waals surface area contributed by atoms with Crippen LogP contribution in [0.2, 0.25) is 0 Å². The van der Waals surface area contributed by atoms with Gasteiger partial charge < -0.3 is 19.5 Å². The number of thioether (sulfide) groups is 1. The number of nitrogens with one attached hydrogen (secondary N) is 1. The van der Waals surface area contributed by atoms with E-state index in [9.17, 15) is 14.4 Å². The summed E-state index contributed by atoms with van der Waals surface area (Å²) in [6, 6.07) is 15.7. The highest BCUT2D eigenvalue weighted by molar-refractivity contribution is 8.01. The predicted molar refractivity (Wildman–Crippen MR) is 127 cm³/mol. The van der Waals surface area contributed by atoms with E-state index in [4.69, 9.17) is 14.2 Å². The highest BCUT2D eigenvalue weighted by Crippen LogP contribution is 2.57. The SMILES string of the molecule is COc1ccc(COC(=O)[C@]2(OC)N3C(=O)[C@H](NC(=O)Cc4ccccc4)[C@H]3SC2(C)C)cc1. The van der Waals surface area contributed by atoms with Crippen LogP contribution in [0.3, 0.4) is 0 Å². The van der Waals surface area contributed by atoms with E-state index < -0.39 is 27.9 Å². The number of rotatable bonds is 8.